The van der Waals surface area contributed by atoms with Gasteiger partial charge >= 0.3 is 0 Å². The lowest BCUT2D eigenvalue weighted by Crippen LogP contribution is -2.30. The maximum absolute atomic E-state index is 5.96. The third kappa shape index (κ3) is 3.64. The molecule has 1 atom stereocenters. The smallest absolute Gasteiger partial charge is 0.123 e. The Labute approximate surface area is 129 Å². The van der Waals surface area contributed by atoms with E-state index in [2.05, 4.69) is 39.5 Å². The Balaban J connectivity index is 1.39. The lowest BCUT2D eigenvalue weighted by atomic mass is 9.97. The van der Waals surface area contributed by atoms with Crippen molar-refractivity contribution >= 4 is 15.9 Å². The summed E-state index contributed by atoms with van der Waals surface area (Å²) in [6.07, 6.45) is 10.3. The van der Waals surface area contributed by atoms with Gasteiger partial charge in [0, 0.05) is 17.4 Å². The highest BCUT2D eigenvalue weighted by atomic mass is 79.9. The van der Waals surface area contributed by atoms with Crippen LogP contribution in [0, 0.1) is 0 Å². The highest BCUT2D eigenvalue weighted by Gasteiger charge is 2.22. The maximum Gasteiger partial charge on any atom is 0.123 e. The first-order chi connectivity index (χ1) is 9.81. The molecular formula is C17H22BrNO. The summed E-state index contributed by atoms with van der Waals surface area (Å²) in [6, 6.07) is 6.28. The Hall–Kier alpha value is -0.800. The number of allylic oxidation sites excluding steroid dienone is 1. The normalized spacial score (nSPS) is 21.2. The van der Waals surface area contributed by atoms with Gasteiger partial charge in [0.1, 0.15) is 11.9 Å². The van der Waals surface area contributed by atoms with E-state index < -0.39 is 0 Å². The molecule has 0 aromatic heterocycles. The fourth-order valence-corrected chi connectivity index (χ4v) is 3.46. The number of benzene rings is 1. The average Bonchev–Trinajstić information content (AvgIpc) is 2.86. The SMILES string of the molecule is Brc1ccc2c(c1)CC(CNCCC1=CCCCC1)O2. The third-order valence-electron chi connectivity index (χ3n) is 4.14. The van der Waals surface area contributed by atoms with E-state index in [4.69, 9.17) is 4.74 Å². The van der Waals surface area contributed by atoms with E-state index in [0.29, 0.717) is 6.10 Å². The van der Waals surface area contributed by atoms with Gasteiger partial charge in [-0.1, -0.05) is 27.6 Å². The molecule has 0 spiro atoms. The summed E-state index contributed by atoms with van der Waals surface area (Å²) in [4.78, 5) is 0. The minimum absolute atomic E-state index is 0.291. The second-order valence-electron chi connectivity index (χ2n) is 5.76. The number of hydrogen-bond acceptors (Lipinski definition) is 2. The largest absolute Gasteiger partial charge is 0.488 e. The molecule has 0 fully saturated rings. The molecule has 0 amide bonds. The lowest BCUT2D eigenvalue weighted by molar-refractivity contribution is 0.228. The van der Waals surface area contributed by atoms with Gasteiger partial charge in [0.25, 0.3) is 0 Å². The summed E-state index contributed by atoms with van der Waals surface area (Å²) in [5.74, 6) is 1.05. The third-order valence-corrected chi connectivity index (χ3v) is 4.64. The van der Waals surface area contributed by atoms with Crippen LogP contribution in [0.25, 0.3) is 0 Å². The zero-order valence-electron chi connectivity index (χ0n) is 11.8. The lowest BCUT2D eigenvalue weighted by Gasteiger charge is -2.15. The van der Waals surface area contributed by atoms with E-state index in [1.165, 1.54) is 37.7 Å². The van der Waals surface area contributed by atoms with Gasteiger partial charge in [0.2, 0.25) is 0 Å². The Morgan fingerprint density at radius 2 is 2.25 bits per heavy atom. The van der Waals surface area contributed by atoms with Crippen molar-refractivity contribution in [2.75, 3.05) is 13.1 Å². The number of hydrogen-bond donors (Lipinski definition) is 1. The molecule has 1 aromatic rings. The van der Waals surface area contributed by atoms with Gasteiger partial charge in [-0.15, -0.1) is 0 Å². The first kappa shape index (κ1) is 14.2. The molecule has 3 rings (SSSR count). The topological polar surface area (TPSA) is 21.3 Å². The summed E-state index contributed by atoms with van der Waals surface area (Å²) < 4.78 is 7.09. The van der Waals surface area contributed by atoms with Crippen LogP contribution in [0.15, 0.2) is 34.3 Å². The summed E-state index contributed by atoms with van der Waals surface area (Å²) in [5.41, 5.74) is 2.96. The fraction of sp³-hybridized carbons (Fsp3) is 0.529. The Bertz CT molecular complexity index is 498. The van der Waals surface area contributed by atoms with Crippen molar-refractivity contribution in [1.29, 1.82) is 0 Å². The Kier molecular flexibility index (Phi) is 4.79. The molecule has 1 heterocycles. The average molecular weight is 336 g/mol. The van der Waals surface area contributed by atoms with Gasteiger partial charge in [-0.2, -0.15) is 0 Å². The summed E-state index contributed by atoms with van der Waals surface area (Å²) in [6.45, 7) is 2.02. The molecule has 1 aliphatic carbocycles. The number of fused-ring (bicyclic) bond motifs is 1. The molecule has 2 nitrogen and oxygen atoms in total. The Morgan fingerprint density at radius 3 is 3.10 bits per heavy atom. The highest BCUT2D eigenvalue weighted by Crippen LogP contribution is 2.30. The minimum atomic E-state index is 0.291. The van der Waals surface area contributed by atoms with Gasteiger partial charge in [-0.05, 0) is 62.4 Å². The van der Waals surface area contributed by atoms with Gasteiger partial charge in [-0.25, -0.2) is 0 Å². The predicted octanol–water partition coefficient (Wildman–Crippen LogP) is 4.23. The molecule has 1 aromatic carbocycles. The first-order valence-electron chi connectivity index (χ1n) is 7.65. The van der Waals surface area contributed by atoms with Gasteiger partial charge in [-0.3, -0.25) is 0 Å². The molecule has 20 heavy (non-hydrogen) atoms. The van der Waals surface area contributed by atoms with E-state index in [1.807, 2.05) is 6.07 Å². The van der Waals surface area contributed by atoms with Crippen molar-refractivity contribution in [2.45, 2.75) is 44.6 Å². The predicted molar refractivity (Wildman–Crippen MR) is 86.3 cm³/mol. The van der Waals surface area contributed by atoms with Crippen LogP contribution in [0.4, 0.5) is 0 Å². The standard InChI is InChI=1S/C17H22BrNO/c18-15-6-7-17-14(10-15)11-16(20-17)12-19-9-8-13-4-2-1-3-5-13/h4,6-7,10,16,19H,1-3,5,8-9,11-12H2. The molecular weight excluding hydrogens is 314 g/mol. The van der Waals surface area contributed by atoms with Crippen LogP contribution in [-0.2, 0) is 6.42 Å². The van der Waals surface area contributed by atoms with E-state index in [9.17, 15) is 0 Å². The second kappa shape index (κ2) is 6.77. The van der Waals surface area contributed by atoms with Crippen LogP contribution >= 0.6 is 15.9 Å². The highest BCUT2D eigenvalue weighted by molar-refractivity contribution is 9.10. The molecule has 0 radical (unpaired) electrons. The molecule has 1 N–H and O–H groups in total. The zero-order valence-corrected chi connectivity index (χ0v) is 13.4. The minimum Gasteiger partial charge on any atom is -0.488 e. The number of ether oxygens (including phenoxy) is 1. The second-order valence-corrected chi connectivity index (χ2v) is 6.67. The summed E-state index contributed by atoms with van der Waals surface area (Å²) in [7, 11) is 0. The molecule has 0 bridgehead atoms. The van der Waals surface area contributed by atoms with Crippen LogP contribution in [0.3, 0.4) is 0 Å². The van der Waals surface area contributed by atoms with Crippen molar-refractivity contribution in [3.63, 3.8) is 0 Å². The fourth-order valence-electron chi connectivity index (χ4n) is 3.05. The van der Waals surface area contributed by atoms with E-state index in [0.717, 1.165) is 29.7 Å². The summed E-state index contributed by atoms with van der Waals surface area (Å²) in [5, 5.41) is 3.55. The summed E-state index contributed by atoms with van der Waals surface area (Å²) >= 11 is 3.52. The van der Waals surface area contributed by atoms with Crippen molar-refractivity contribution in [1.82, 2.24) is 5.32 Å². The molecule has 1 unspecified atom stereocenters. The van der Waals surface area contributed by atoms with Crippen molar-refractivity contribution < 1.29 is 4.74 Å². The maximum atomic E-state index is 5.96. The van der Waals surface area contributed by atoms with E-state index >= 15 is 0 Å². The van der Waals surface area contributed by atoms with Crippen molar-refractivity contribution in [3.8, 4) is 5.75 Å². The quantitative estimate of drug-likeness (QED) is 0.642. The van der Waals surface area contributed by atoms with Crippen molar-refractivity contribution in [3.05, 3.63) is 39.9 Å². The van der Waals surface area contributed by atoms with E-state index in [-0.39, 0.29) is 0 Å². The number of nitrogens with one attached hydrogen (secondary N) is 1. The van der Waals surface area contributed by atoms with Crippen LogP contribution in [0.1, 0.15) is 37.7 Å². The monoisotopic (exact) mass is 335 g/mol. The van der Waals surface area contributed by atoms with Crippen LogP contribution < -0.4 is 10.1 Å². The molecule has 0 saturated heterocycles. The molecule has 2 aliphatic rings. The van der Waals surface area contributed by atoms with Gasteiger partial charge in [0.15, 0.2) is 0 Å². The van der Waals surface area contributed by atoms with Gasteiger partial charge < -0.3 is 10.1 Å². The van der Waals surface area contributed by atoms with Gasteiger partial charge in [0.05, 0.1) is 0 Å². The van der Waals surface area contributed by atoms with Crippen LogP contribution in [0.2, 0.25) is 0 Å². The number of halogens is 1. The Morgan fingerprint density at radius 1 is 1.30 bits per heavy atom. The van der Waals surface area contributed by atoms with E-state index in [1.54, 1.807) is 5.57 Å². The first-order valence-corrected chi connectivity index (χ1v) is 8.44. The molecule has 1 aliphatic heterocycles. The molecule has 3 heteroatoms. The molecule has 108 valence electrons. The number of rotatable bonds is 5. The molecule has 0 saturated carbocycles. The zero-order chi connectivity index (χ0) is 13.8. The van der Waals surface area contributed by atoms with Crippen molar-refractivity contribution in [2.24, 2.45) is 0 Å². The van der Waals surface area contributed by atoms with Crippen LogP contribution in [-0.4, -0.2) is 19.2 Å². The van der Waals surface area contributed by atoms with Crippen LogP contribution in [0.5, 0.6) is 5.75 Å².